The second-order valence-electron chi connectivity index (χ2n) is 7.74. The quantitative estimate of drug-likeness (QED) is 0.754. The first-order valence-corrected chi connectivity index (χ1v) is 9.49. The Morgan fingerprint density at radius 1 is 1.32 bits per heavy atom. The van der Waals surface area contributed by atoms with Gasteiger partial charge in [-0.2, -0.15) is 0 Å². The van der Waals surface area contributed by atoms with Crippen molar-refractivity contribution in [2.24, 2.45) is 0 Å². The summed E-state index contributed by atoms with van der Waals surface area (Å²) in [4.78, 5) is 37.5. The first kappa shape index (κ1) is 20.1. The van der Waals surface area contributed by atoms with Gasteiger partial charge in [0.1, 0.15) is 5.54 Å². The molecular formula is C20H26FN3O4. The zero-order valence-corrected chi connectivity index (χ0v) is 16.4. The topological polar surface area (TPSA) is 87.7 Å². The van der Waals surface area contributed by atoms with Gasteiger partial charge in [0.05, 0.1) is 7.11 Å². The molecule has 0 radical (unpaired) electrons. The third-order valence-electron chi connectivity index (χ3n) is 5.78. The molecule has 1 aromatic carbocycles. The van der Waals surface area contributed by atoms with E-state index in [1.54, 1.807) is 17.9 Å². The largest absolute Gasteiger partial charge is 0.494 e. The number of aryl methyl sites for hydroxylation is 1. The molecule has 152 valence electrons. The third-order valence-corrected chi connectivity index (χ3v) is 5.78. The van der Waals surface area contributed by atoms with Crippen LogP contribution in [0, 0.1) is 12.7 Å². The Kier molecular flexibility index (Phi) is 5.58. The molecule has 0 saturated carbocycles. The maximum atomic E-state index is 13.8. The average Bonchev–Trinajstić information content (AvgIpc) is 2.92. The number of methoxy groups -OCH3 is 1. The number of piperidine rings is 1. The number of carbonyl (C=O) groups is 3. The maximum absolute atomic E-state index is 13.8. The summed E-state index contributed by atoms with van der Waals surface area (Å²) in [6, 6.07) is 2.73. The summed E-state index contributed by atoms with van der Waals surface area (Å²) in [5.74, 6) is -0.306. The molecule has 0 bridgehead atoms. The van der Waals surface area contributed by atoms with Gasteiger partial charge in [0.2, 0.25) is 5.91 Å². The third kappa shape index (κ3) is 3.95. The lowest BCUT2D eigenvalue weighted by Crippen LogP contribution is -2.45. The van der Waals surface area contributed by atoms with Gasteiger partial charge in [0.15, 0.2) is 11.6 Å². The molecule has 4 amide bonds. The van der Waals surface area contributed by atoms with E-state index in [9.17, 15) is 18.8 Å². The standard InChI is InChI=1S/C20H26FN3O4/c1-12-10-15(21)16(28-3)11-14(12)13-5-8-24(9-6-13)17(25)4-7-20(2)18(26)22-19(27)23-20/h10-11,13H,4-9H2,1-3H3,(H2,22,23,26,27)/t20-/m1/s1. The van der Waals surface area contributed by atoms with Crippen LogP contribution >= 0.6 is 0 Å². The van der Waals surface area contributed by atoms with E-state index in [2.05, 4.69) is 10.6 Å². The molecule has 2 N–H and O–H groups in total. The molecule has 2 saturated heterocycles. The number of halogens is 1. The zero-order chi connectivity index (χ0) is 20.5. The predicted molar refractivity (Wildman–Crippen MR) is 101 cm³/mol. The summed E-state index contributed by atoms with van der Waals surface area (Å²) < 4.78 is 18.9. The number of ether oxygens (including phenoxy) is 1. The Bertz CT molecular complexity index is 805. The van der Waals surface area contributed by atoms with Crippen LogP contribution in [0.15, 0.2) is 12.1 Å². The Balaban J connectivity index is 1.56. The second-order valence-corrected chi connectivity index (χ2v) is 7.74. The van der Waals surface area contributed by atoms with Crippen molar-refractivity contribution in [2.75, 3.05) is 20.2 Å². The zero-order valence-electron chi connectivity index (χ0n) is 16.4. The number of urea groups is 1. The van der Waals surface area contributed by atoms with Crippen molar-refractivity contribution in [3.8, 4) is 5.75 Å². The fourth-order valence-electron chi connectivity index (χ4n) is 3.98. The van der Waals surface area contributed by atoms with E-state index in [4.69, 9.17) is 4.74 Å². The lowest BCUT2D eigenvalue weighted by atomic mass is 9.86. The maximum Gasteiger partial charge on any atom is 0.322 e. The highest BCUT2D eigenvalue weighted by Crippen LogP contribution is 2.34. The van der Waals surface area contributed by atoms with Crippen molar-refractivity contribution in [3.05, 3.63) is 29.1 Å². The van der Waals surface area contributed by atoms with Crippen molar-refractivity contribution in [1.82, 2.24) is 15.5 Å². The SMILES string of the molecule is COc1cc(C2CCN(C(=O)CC[C@@]3(C)NC(=O)NC3=O)CC2)c(C)cc1F. The van der Waals surface area contributed by atoms with Gasteiger partial charge < -0.3 is 15.0 Å². The van der Waals surface area contributed by atoms with Crippen molar-refractivity contribution in [2.45, 2.75) is 51.0 Å². The van der Waals surface area contributed by atoms with Crippen molar-refractivity contribution >= 4 is 17.8 Å². The summed E-state index contributed by atoms with van der Waals surface area (Å²) in [5.41, 5.74) is 0.912. The minimum absolute atomic E-state index is 0.0259. The number of nitrogens with zero attached hydrogens (tertiary/aromatic N) is 1. The number of hydrogen-bond acceptors (Lipinski definition) is 4. The average molecular weight is 391 g/mol. The van der Waals surface area contributed by atoms with E-state index in [1.165, 1.54) is 13.2 Å². The number of benzene rings is 1. The van der Waals surface area contributed by atoms with E-state index < -0.39 is 17.5 Å². The van der Waals surface area contributed by atoms with Crippen molar-refractivity contribution in [1.29, 1.82) is 0 Å². The first-order chi connectivity index (χ1) is 13.2. The minimum atomic E-state index is -1.03. The van der Waals surface area contributed by atoms with Gasteiger partial charge in [0, 0.05) is 19.5 Å². The molecule has 2 aliphatic rings. The molecule has 2 aliphatic heterocycles. The molecule has 0 unspecified atom stereocenters. The van der Waals surface area contributed by atoms with Gasteiger partial charge >= 0.3 is 6.03 Å². The summed E-state index contributed by atoms with van der Waals surface area (Å²) in [6.45, 7) is 4.73. The highest BCUT2D eigenvalue weighted by Gasteiger charge is 2.42. The molecular weight excluding hydrogens is 365 g/mol. The van der Waals surface area contributed by atoms with Crippen LogP contribution in [-0.2, 0) is 9.59 Å². The van der Waals surface area contributed by atoms with Gasteiger partial charge in [-0.25, -0.2) is 9.18 Å². The molecule has 0 aliphatic carbocycles. The van der Waals surface area contributed by atoms with Crippen molar-refractivity contribution in [3.63, 3.8) is 0 Å². The smallest absolute Gasteiger partial charge is 0.322 e. The molecule has 2 heterocycles. The number of likely N-dealkylation sites (tertiary alicyclic amines) is 1. The molecule has 1 atom stereocenters. The fourth-order valence-corrected chi connectivity index (χ4v) is 3.98. The number of amides is 4. The van der Waals surface area contributed by atoms with Gasteiger partial charge in [-0.1, -0.05) is 0 Å². The van der Waals surface area contributed by atoms with Gasteiger partial charge in [-0.3, -0.25) is 14.9 Å². The molecule has 0 aromatic heterocycles. The van der Waals surface area contributed by atoms with E-state index >= 15 is 0 Å². The molecule has 8 heteroatoms. The second kappa shape index (κ2) is 7.77. The predicted octanol–water partition coefficient (Wildman–Crippen LogP) is 2.23. The van der Waals surface area contributed by atoms with E-state index in [-0.39, 0.29) is 36.2 Å². The number of nitrogens with one attached hydrogen (secondary N) is 2. The Morgan fingerprint density at radius 3 is 2.57 bits per heavy atom. The van der Waals surface area contributed by atoms with Crippen molar-refractivity contribution < 1.29 is 23.5 Å². The van der Waals surface area contributed by atoms with Crippen LogP contribution in [0.2, 0.25) is 0 Å². The van der Waals surface area contributed by atoms with Crippen LogP contribution in [0.3, 0.4) is 0 Å². The molecule has 3 rings (SSSR count). The van der Waals surface area contributed by atoms with Gasteiger partial charge in [-0.15, -0.1) is 0 Å². The van der Waals surface area contributed by atoms with Crippen LogP contribution in [-0.4, -0.2) is 48.5 Å². The van der Waals surface area contributed by atoms with Crippen LogP contribution < -0.4 is 15.4 Å². The summed E-state index contributed by atoms with van der Waals surface area (Å²) in [7, 11) is 1.45. The molecule has 7 nitrogen and oxygen atoms in total. The summed E-state index contributed by atoms with van der Waals surface area (Å²) in [6.07, 6.45) is 2.03. The molecule has 28 heavy (non-hydrogen) atoms. The first-order valence-electron chi connectivity index (χ1n) is 9.49. The lowest BCUT2D eigenvalue weighted by molar-refractivity contribution is -0.133. The fraction of sp³-hybridized carbons (Fsp3) is 0.550. The monoisotopic (exact) mass is 391 g/mol. The number of rotatable bonds is 5. The highest BCUT2D eigenvalue weighted by molar-refractivity contribution is 6.06. The van der Waals surface area contributed by atoms with E-state index in [0.29, 0.717) is 13.1 Å². The Hall–Kier alpha value is -2.64. The molecule has 1 aromatic rings. The van der Waals surface area contributed by atoms with Crippen LogP contribution in [0.1, 0.15) is 49.7 Å². The van der Waals surface area contributed by atoms with E-state index in [0.717, 1.165) is 24.0 Å². The number of carbonyl (C=O) groups excluding carboxylic acids is 3. The lowest BCUT2D eigenvalue weighted by Gasteiger charge is -2.33. The minimum Gasteiger partial charge on any atom is -0.494 e. The van der Waals surface area contributed by atoms with Crippen LogP contribution in [0.4, 0.5) is 9.18 Å². The Labute approximate surface area is 163 Å². The van der Waals surface area contributed by atoms with Gasteiger partial charge in [0.25, 0.3) is 5.91 Å². The Morgan fingerprint density at radius 2 is 2.00 bits per heavy atom. The normalized spacial score (nSPS) is 22.8. The molecule has 0 spiro atoms. The van der Waals surface area contributed by atoms with Crippen LogP contribution in [0.25, 0.3) is 0 Å². The van der Waals surface area contributed by atoms with Gasteiger partial charge in [-0.05, 0) is 62.3 Å². The summed E-state index contributed by atoms with van der Waals surface area (Å²) >= 11 is 0. The number of imide groups is 1. The molecule has 2 fully saturated rings. The van der Waals surface area contributed by atoms with E-state index in [1.807, 2.05) is 6.92 Å². The summed E-state index contributed by atoms with van der Waals surface area (Å²) in [5, 5.41) is 4.78. The number of hydrogen-bond donors (Lipinski definition) is 2. The highest BCUT2D eigenvalue weighted by atomic mass is 19.1. The van der Waals surface area contributed by atoms with Crippen LogP contribution in [0.5, 0.6) is 5.75 Å².